The molecule has 0 aromatic carbocycles. The second-order valence-corrected chi connectivity index (χ2v) is 4.62. The number of rotatable bonds is 3. The molecule has 0 spiro atoms. The van der Waals surface area contributed by atoms with Gasteiger partial charge in [0.05, 0.1) is 0 Å². The molecule has 0 radical (unpaired) electrons. The summed E-state index contributed by atoms with van der Waals surface area (Å²) in [5.74, 6) is 0. The van der Waals surface area contributed by atoms with Crippen molar-refractivity contribution < 1.29 is 0 Å². The Kier molecular flexibility index (Phi) is 3.05. The van der Waals surface area contributed by atoms with Crippen molar-refractivity contribution >= 4 is 0 Å². The highest BCUT2D eigenvalue weighted by molar-refractivity contribution is 5.33. The topological polar surface area (TPSA) is 30.9 Å². The second kappa shape index (κ2) is 3.77. The fourth-order valence-corrected chi connectivity index (χ4v) is 2.08. The molecule has 0 saturated heterocycles. The van der Waals surface area contributed by atoms with Gasteiger partial charge < -0.3 is 10.3 Å². The molecule has 0 saturated carbocycles. The Bertz CT molecular complexity index is 321. The lowest BCUT2D eigenvalue weighted by atomic mass is 9.85. The van der Waals surface area contributed by atoms with Crippen LogP contribution in [0.2, 0.25) is 0 Å². The van der Waals surface area contributed by atoms with Crippen LogP contribution in [0.4, 0.5) is 0 Å². The van der Waals surface area contributed by atoms with Crippen LogP contribution in [0.3, 0.4) is 0 Å². The van der Waals surface area contributed by atoms with E-state index in [-0.39, 0.29) is 5.41 Å². The highest BCUT2D eigenvalue weighted by Crippen LogP contribution is 2.27. The van der Waals surface area contributed by atoms with Crippen LogP contribution >= 0.6 is 0 Å². The first-order valence-electron chi connectivity index (χ1n) is 5.31. The molecule has 0 unspecified atom stereocenters. The van der Waals surface area contributed by atoms with Crippen molar-refractivity contribution in [2.24, 2.45) is 5.73 Å². The third-order valence-corrected chi connectivity index (χ3v) is 3.13. The van der Waals surface area contributed by atoms with Crippen molar-refractivity contribution in [1.29, 1.82) is 0 Å². The van der Waals surface area contributed by atoms with Gasteiger partial charge in [-0.15, -0.1) is 0 Å². The summed E-state index contributed by atoms with van der Waals surface area (Å²) in [6.45, 7) is 12.7. The van der Waals surface area contributed by atoms with Crippen LogP contribution in [-0.2, 0) is 12.0 Å². The first-order chi connectivity index (χ1) is 6.44. The van der Waals surface area contributed by atoms with E-state index < -0.39 is 0 Å². The predicted octanol–water partition coefficient (Wildman–Crippen LogP) is 2.36. The van der Waals surface area contributed by atoms with Gasteiger partial charge in [0.25, 0.3) is 0 Å². The van der Waals surface area contributed by atoms with E-state index in [4.69, 9.17) is 5.73 Å². The zero-order valence-electron chi connectivity index (χ0n) is 10.0. The third kappa shape index (κ3) is 1.71. The van der Waals surface area contributed by atoms with Crippen LogP contribution in [0.15, 0.2) is 6.07 Å². The van der Waals surface area contributed by atoms with E-state index in [1.807, 2.05) is 0 Å². The molecule has 0 fully saturated rings. The van der Waals surface area contributed by atoms with Crippen LogP contribution in [0, 0.1) is 13.8 Å². The van der Waals surface area contributed by atoms with Gasteiger partial charge in [0.2, 0.25) is 0 Å². The van der Waals surface area contributed by atoms with Crippen molar-refractivity contribution in [2.75, 3.05) is 6.54 Å². The molecule has 1 heterocycles. The molecule has 1 rings (SSSR count). The molecule has 80 valence electrons. The Morgan fingerprint density at radius 2 is 1.93 bits per heavy atom. The van der Waals surface area contributed by atoms with E-state index in [1.165, 1.54) is 17.0 Å². The number of nitrogens with two attached hydrogens (primary N) is 1. The molecule has 14 heavy (non-hydrogen) atoms. The SMILES string of the molecule is CCn1c(C)cc(C(C)(C)CN)c1C. The highest BCUT2D eigenvalue weighted by atomic mass is 15.0. The maximum atomic E-state index is 5.80. The number of hydrogen-bond donors (Lipinski definition) is 1. The summed E-state index contributed by atoms with van der Waals surface area (Å²) in [6, 6.07) is 2.27. The quantitative estimate of drug-likeness (QED) is 0.787. The standard InChI is InChI=1S/C12H22N2/c1-6-14-9(2)7-11(10(14)3)12(4,5)8-13/h7H,6,8,13H2,1-5H3. The van der Waals surface area contributed by atoms with Crippen molar-refractivity contribution in [2.45, 2.75) is 46.6 Å². The molecule has 2 nitrogen and oxygen atoms in total. The maximum Gasteiger partial charge on any atom is 0.0196 e. The van der Waals surface area contributed by atoms with Gasteiger partial charge in [-0.1, -0.05) is 13.8 Å². The second-order valence-electron chi connectivity index (χ2n) is 4.62. The summed E-state index contributed by atoms with van der Waals surface area (Å²) in [4.78, 5) is 0. The average molecular weight is 194 g/mol. The Hall–Kier alpha value is -0.760. The third-order valence-electron chi connectivity index (χ3n) is 3.13. The molecule has 0 aliphatic rings. The van der Waals surface area contributed by atoms with E-state index >= 15 is 0 Å². The van der Waals surface area contributed by atoms with Crippen LogP contribution < -0.4 is 5.73 Å². The van der Waals surface area contributed by atoms with Gasteiger partial charge in [0.15, 0.2) is 0 Å². The predicted molar refractivity (Wildman–Crippen MR) is 61.7 cm³/mol. The molecular weight excluding hydrogens is 172 g/mol. The Labute approximate surface area is 87.1 Å². The lowest BCUT2D eigenvalue weighted by molar-refractivity contribution is 0.532. The monoisotopic (exact) mass is 194 g/mol. The molecule has 0 bridgehead atoms. The fourth-order valence-electron chi connectivity index (χ4n) is 2.08. The van der Waals surface area contributed by atoms with Crippen molar-refractivity contribution in [1.82, 2.24) is 4.57 Å². The molecule has 1 aromatic rings. The van der Waals surface area contributed by atoms with Crippen molar-refractivity contribution in [3.63, 3.8) is 0 Å². The van der Waals surface area contributed by atoms with Crippen molar-refractivity contribution in [3.8, 4) is 0 Å². The summed E-state index contributed by atoms with van der Waals surface area (Å²) in [5.41, 5.74) is 9.98. The zero-order valence-corrected chi connectivity index (χ0v) is 10.0. The molecule has 0 atom stereocenters. The van der Waals surface area contributed by atoms with Crippen LogP contribution in [0.5, 0.6) is 0 Å². The van der Waals surface area contributed by atoms with Crippen LogP contribution in [0.25, 0.3) is 0 Å². The Morgan fingerprint density at radius 1 is 1.36 bits per heavy atom. The molecule has 0 aliphatic heterocycles. The smallest absolute Gasteiger partial charge is 0.0196 e. The van der Waals surface area contributed by atoms with Crippen molar-refractivity contribution in [3.05, 3.63) is 23.0 Å². The summed E-state index contributed by atoms with van der Waals surface area (Å²) in [5, 5.41) is 0. The molecule has 0 amide bonds. The number of aromatic nitrogens is 1. The molecule has 2 N–H and O–H groups in total. The van der Waals surface area contributed by atoms with Gasteiger partial charge in [0.1, 0.15) is 0 Å². The number of aryl methyl sites for hydroxylation is 1. The largest absolute Gasteiger partial charge is 0.349 e. The fraction of sp³-hybridized carbons (Fsp3) is 0.667. The van der Waals surface area contributed by atoms with E-state index in [2.05, 4.69) is 45.3 Å². The number of hydrogen-bond acceptors (Lipinski definition) is 1. The molecule has 2 heteroatoms. The summed E-state index contributed by atoms with van der Waals surface area (Å²) < 4.78 is 2.34. The van der Waals surface area contributed by atoms with Gasteiger partial charge in [-0.05, 0) is 32.4 Å². The first kappa shape index (κ1) is 11.3. The average Bonchev–Trinajstić information content (AvgIpc) is 2.42. The van der Waals surface area contributed by atoms with Crippen LogP contribution in [-0.4, -0.2) is 11.1 Å². The van der Waals surface area contributed by atoms with E-state index in [9.17, 15) is 0 Å². The maximum absolute atomic E-state index is 5.80. The summed E-state index contributed by atoms with van der Waals surface area (Å²) >= 11 is 0. The van der Waals surface area contributed by atoms with Gasteiger partial charge >= 0.3 is 0 Å². The zero-order chi connectivity index (χ0) is 10.9. The highest BCUT2D eigenvalue weighted by Gasteiger charge is 2.23. The lowest BCUT2D eigenvalue weighted by Gasteiger charge is -2.23. The Morgan fingerprint density at radius 3 is 2.29 bits per heavy atom. The van der Waals surface area contributed by atoms with E-state index in [0.29, 0.717) is 6.54 Å². The van der Waals surface area contributed by atoms with E-state index in [0.717, 1.165) is 6.54 Å². The minimum absolute atomic E-state index is 0.0925. The van der Waals surface area contributed by atoms with Gasteiger partial charge in [0, 0.05) is 29.9 Å². The Balaban J connectivity index is 3.24. The lowest BCUT2D eigenvalue weighted by Crippen LogP contribution is -2.28. The van der Waals surface area contributed by atoms with E-state index in [1.54, 1.807) is 0 Å². The number of nitrogens with zero attached hydrogens (tertiary/aromatic N) is 1. The summed E-state index contributed by atoms with van der Waals surface area (Å²) in [6.07, 6.45) is 0. The van der Waals surface area contributed by atoms with Gasteiger partial charge in [-0.3, -0.25) is 0 Å². The van der Waals surface area contributed by atoms with Gasteiger partial charge in [-0.2, -0.15) is 0 Å². The first-order valence-corrected chi connectivity index (χ1v) is 5.31. The minimum Gasteiger partial charge on any atom is -0.349 e. The molecule has 0 aliphatic carbocycles. The normalized spacial score (nSPS) is 12.1. The molecule has 1 aromatic heterocycles. The van der Waals surface area contributed by atoms with Gasteiger partial charge in [-0.25, -0.2) is 0 Å². The summed E-state index contributed by atoms with van der Waals surface area (Å²) in [7, 11) is 0. The molecular formula is C12H22N2. The minimum atomic E-state index is 0.0925. The van der Waals surface area contributed by atoms with Crippen LogP contribution in [0.1, 0.15) is 37.7 Å².